The molecule has 0 aliphatic carbocycles. The first-order valence-corrected chi connectivity index (χ1v) is 9.79. The molecule has 2 N–H and O–H groups in total. The maximum atomic E-state index is 13.4. The smallest absolute Gasteiger partial charge is 0.249 e. The maximum Gasteiger partial charge on any atom is 0.249 e. The minimum atomic E-state index is -0.0150. The molecule has 0 amide bonds. The van der Waals surface area contributed by atoms with Gasteiger partial charge in [-0.25, -0.2) is 0 Å². The molecule has 0 spiro atoms. The standard InChI is InChI=1S/C18H26N2OS/c1-3-7-17-10-19-12-18(8-4-2,16(17)21)13-20(11-17)15(19)14-6-5-9-22-14/h5-6,9,15H,3-4,7-8,10-13H2,1-2H3/p+2. The number of carbonyl (C=O) groups excluding carboxylic acids is 1. The highest BCUT2D eigenvalue weighted by molar-refractivity contribution is 7.09. The number of rotatable bonds is 5. The fourth-order valence-corrected chi connectivity index (χ4v) is 6.91. The number of nitrogens with one attached hydrogen (secondary N) is 2. The van der Waals surface area contributed by atoms with Gasteiger partial charge in [0.2, 0.25) is 6.17 Å². The van der Waals surface area contributed by atoms with Gasteiger partial charge >= 0.3 is 0 Å². The number of thiophene rings is 1. The van der Waals surface area contributed by atoms with E-state index in [2.05, 4.69) is 31.4 Å². The van der Waals surface area contributed by atoms with Crippen molar-refractivity contribution in [3.05, 3.63) is 22.4 Å². The molecule has 4 bridgehead atoms. The third kappa shape index (κ3) is 1.90. The molecule has 1 aromatic rings. The molecule has 0 radical (unpaired) electrons. The molecule has 4 saturated heterocycles. The second-order valence-electron chi connectivity index (χ2n) is 7.86. The van der Waals surface area contributed by atoms with Gasteiger partial charge in [-0.3, -0.25) is 14.6 Å². The monoisotopic (exact) mass is 320 g/mol. The molecule has 5 heterocycles. The van der Waals surface area contributed by atoms with E-state index in [1.165, 1.54) is 4.88 Å². The van der Waals surface area contributed by atoms with Gasteiger partial charge in [0.15, 0.2) is 5.78 Å². The molecule has 4 aliphatic rings. The van der Waals surface area contributed by atoms with E-state index in [1.807, 2.05) is 11.3 Å². The molecule has 4 heteroatoms. The summed E-state index contributed by atoms with van der Waals surface area (Å²) in [6, 6.07) is 4.49. The van der Waals surface area contributed by atoms with Crippen molar-refractivity contribution in [2.75, 3.05) is 26.2 Å². The Labute approximate surface area is 137 Å². The van der Waals surface area contributed by atoms with Crippen molar-refractivity contribution >= 4 is 17.1 Å². The van der Waals surface area contributed by atoms with Crippen LogP contribution in [0.15, 0.2) is 17.5 Å². The highest BCUT2D eigenvalue weighted by atomic mass is 32.1. The second-order valence-corrected chi connectivity index (χ2v) is 8.84. The fourth-order valence-electron chi connectivity index (χ4n) is 5.96. The zero-order valence-corrected chi connectivity index (χ0v) is 14.6. The lowest BCUT2D eigenvalue weighted by molar-refractivity contribution is -1.18. The summed E-state index contributed by atoms with van der Waals surface area (Å²) in [4.78, 5) is 18.3. The van der Waals surface area contributed by atoms with Gasteiger partial charge in [-0.05, 0) is 24.3 Å². The summed E-state index contributed by atoms with van der Waals surface area (Å²) in [7, 11) is 0. The average Bonchev–Trinajstić information content (AvgIpc) is 2.98. The topological polar surface area (TPSA) is 26.0 Å². The molecule has 0 atom stereocenters. The summed E-state index contributed by atoms with van der Waals surface area (Å²) in [6.45, 7) is 8.80. The normalized spacial score (nSPS) is 43.0. The largest absolute Gasteiger partial charge is 0.297 e. The number of carbonyl (C=O) groups is 1. The van der Waals surface area contributed by atoms with E-state index >= 15 is 0 Å². The van der Waals surface area contributed by atoms with E-state index in [4.69, 9.17) is 0 Å². The van der Waals surface area contributed by atoms with Crippen molar-refractivity contribution in [1.82, 2.24) is 0 Å². The molecule has 4 fully saturated rings. The van der Waals surface area contributed by atoms with Crippen LogP contribution in [-0.4, -0.2) is 32.0 Å². The van der Waals surface area contributed by atoms with Gasteiger partial charge in [-0.15, -0.1) is 11.3 Å². The van der Waals surface area contributed by atoms with Gasteiger partial charge < -0.3 is 0 Å². The fraction of sp³-hybridized carbons (Fsp3) is 0.722. The Bertz CT molecular complexity index is 524. The Morgan fingerprint density at radius 3 is 2.05 bits per heavy atom. The zero-order chi connectivity index (χ0) is 15.4. The lowest BCUT2D eigenvalue weighted by Gasteiger charge is -2.60. The van der Waals surface area contributed by atoms with E-state index in [9.17, 15) is 4.79 Å². The summed E-state index contributed by atoms with van der Waals surface area (Å²) in [6.07, 6.45) is 5.06. The van der Waals surface area contributed by atoms with Crippen molar-refractivity contribution in [2.24, 2.45) is 10.8 Å². The van der Waals surface area contributed by atoms with Crippen molar-refractivity contribution < 1.29 is 14.6 Å². The van der Waals surface area contributed by atoms with Gasteiger partial charge in [0, 0.05) is 0 Å². The predicted octanol–water partition coefficient (Wildman–Crippen LogP) is 0.699. The lowest BCUT2D eigenvalue weighted by Crippen LogP contribution is -3.41. The van der Waals surface area contributed by atoms with Crippen LogP contribution in [0.4, 0.5) is 0 Å². The molecular formula is C18H28N2OS+2. The Kier molecular flexibility index (Phi) is 3.48. The number of piperidine rings is 2. The number of quaternary nitrogens is 2. The number of hydrogen-bond acceptors (Lipinski definition) is 2. The van der Waals surface area contributed by atoms with Crippen LogP contribution in [0.1, 0.15) is 50.6 Å². The van der Waals surface area contributed by atoms with Crippen LogP contribution in [0.25, 0.3) is 0 Å². The summed E-state index contributed by atoms with van der Waals surface area (Å²) in [5, 5.41) is 2.20. The van der Waals surface area contributed by atoms with Gasteiger partial charge in [0.05, 0.1) is 0 Å². The van der Waals surface area contributed by atoms with Gasteiger partial charge in [0.25, 0.3) is 0 Å². The Morgan fingerprint density at radius 2 is 1.64 bits per heavy atom. The third-order valence-corrected chi connectivity index (χ3v) is 7.26. The first kappa shape index (κ1) is 14.9. The molecule has 1 aromatic heterocycles. The van der Waals surface area contributed by atoms with Crippen LogP contribution >= 0.6 is 11.3 Å². The first-order chi connectivity index (χ1) is 10.6. The summed E-state index contributed by atoms with van der Waals surface area (Å²) in [5.74, 6) is 0.640. The molecule has 22 heavy (non-hydrogen) atoms. The molecule has 0 saturated carbocycles. The average molecular weight is 321 g/mol. The Hall–Kier alpha value is -0.710. The Morgan fingerprint density at radius 1 is 1.09 bits per heavy atom. The molecule has 0 unspecified atom stereocenters. The van der Waals surface area contributed by atoms with Crippen molar-refractivity contribution in [3.63, 3.8) is 0 Å². The minimum absolute atomic E-state index is 0.0150. The van der Waals surface area contributed by atoms with Crippen LogP contribution in [0.5, 0.6) is 0 Å². The summed E-state index contributed by atoms with van der Waals surface area (Å²) in [5.41, 5.74) is -0.0301. The molecular weight excluding hydrogens is 292 g/mol. The van der Waals surface area contributed by atoms with Gasteiger partial charge in [-0.1, -0.05) is 32.8 Å². The van der Waals surface area contributed by atoms with E-state index in [-0.39, 0.29) is 10.8 Å². The van der Waals surface area contributed by atoms with Crippen molar-refractivity contribution in [1.29, 1.82) is 0 Å². The highest BCUT2D eigenvalue weighted by Crippen LogP contribution is 2.42. The van der Waals surface area contributed by atoms with Gasteiger partial charge in [-0.2, -0.15) is 0 Å². The van der Waals surface area contributed by atoms with E-state index in [1.54, 1.807) is 9.80 Å². The molecule has 120 valence electrons. The summed E-state index contributed by atoms with van der Waals surface area (Å²) < 4.78 is 0. The molecule has 3 nitrogen and oxygen atoms in total. The van der Waals surface area contributed by atoms with Crippen LogP contribution in [0.3, 0.4) is 0 Å². The maximum absolute atomic E-state index is 13.4. The highest BCUT2D eigenvalue weighted by Gasteiger charge is 2.70. The molecule has 0 aromatic carbocycles. The number of hydrogen-bond donors (Lipinski definition) is 2. The molecule has 5 rings (SSSR count). The van der Waals surface area contributed by atoms with E-state index in [0.29, 0.717) is 11.9 Å². The van der Waals surface area contributed by atoms with Crippen molar-refractivity contribution in [2.45, 2.75) is 45.7 Å². The van der Waals surface area contributed by atoms with E-state index in [0.717, 1.165) is 51.9 Å². The summed E-state index contributed by atoms with van der Waals surface area (Å²) >= 11 is 1.90. The minimum Gasteiger partial charge on any atom is -0.297 e. The SMILES string of the molecule is CCCC12C[NH+]3CC(CCC)(C[NH+](C1)C3c1cccs1)C2=O. The lowest BCUT2D eigenvalue weighted by atomic mass is 9.57. The Balaban J connectivity index is 1.73. The van der Waals surface area contributed by atoms with Crippen molar-refractivity contribution in [3.8, 4) is 0 Å². The van der Waals surface area contributed by atoms with E-state index < -0.39 is 0 Å². The second kappa shape index (κ2) is 5.15. The van der Waals surface area contributed by atoms with Gasteiger partial charge in [0.1, 0.15) is 41.9 Å². The molecule has 4 aliphatic heterocycles. The predicted molar refractivity (Wildman–Crippen MR) is 88.1 cm³/mol. The quantitative estimate of drug-likeness (QED) is 0.821. The zero-order valence-electron chi connectivity index (χ0n) is 13.8. The first-order valence-electron chi connectivity index (χ1n) is 8.92. The van der Waals surface area contributed by atoms with Crippen LogP contribution in [0, 0.1) is 10.8 Å². The van der Waals surface area contributed by atoms with Crippen LogP contribution < -0.4 is 9.80 Å². The van der Waals surface area contributed by atoms with Crippen LogP contribution in [0.2, 0.25) is 0 Å². The third-order valence-electron chi connectivity index (χ3n) is 6.33. The number of Topliss-reactive ketones (excluding diaryl/α,β-unsaturated/α-hetero) is 1. The number of ketones is 1. The van der Waals surface area contributed by atoms with Crippen LogP contribution in [-0.2, 0) is 4.79 Å².